The monoisotopic (exact) mass is 235 g/mol. The highest BCUT2D eigenvalue weighted by atomic mass is 16.3. The number of aromatic nitrogens is 2. The van der Waals surface area contributed by atoms with E-state index in [1.54, 1.807) is 0 Å². The van der Waals surface area contributed by atoms with E-state index in [1.165, 1.54) is 25.2 Å². The van der Waals surface area contributed by atoms with Gasteiger partial charge in [0.25, 0.3) is 0 Å². The second-order valence-corrected chi connectivity index (χ2v) is 4.29. The number of nitrogens with zero attached hydrogens (tertiary/aromatic N) is 3. The van der Waals surface area contributed by atoms with E-state index in [-0.39, 0.29) is 6.61 Å². The van der Waals surface area contributed by atoms with Gasteiger partial charge in [0.2, 0.25) is 5.95 Å². The smallest absolute Gasteiger partial charge is 0.225 e. The second kappa shape index (κ2) is 5.72. The Labute approximate surface area is 100 Å². The van der Waals surface area contributed by atoms with Crippen molar-refractivity contribution in [3.05, 3.63) is 18.0 Å². The summed E-state index contributed by atoms with van der Waals surface area (Å²) in [5, 5.41) is 9.11. The van der Waals surface area contributed by atoms with Crippen molar-refractivity contribution in [1.29, 1.82) is 0 Å². The molecular weight excluding hydrogens is 218 g/mol. The average molecular weight is 235 g/mol. The minimum atomic E-state index is 0.0926. The van der Waals surface area contributed by atoms with Crippen molar-refractivity contribution < 1.29 is 9.90 Å². The molecule has 0 spiro atoms. The van der Waals surface area contributed by atoms with Crippen LogP contribution in [0.1, 0.15) is 36.0 Å². The zero-order valence-corrected chi connectivity index (χ0v) is 9.75. The van der Waals surface area contributed by atoms with Crippen LogP contribution >= 0.6 is 0 Å². The molecule has 2 rings (SSSR count). The second-order valence-electron chi connectivity index (χ2n) is 4.29. The standard InChI is InChI=1S/C12H17N3O2/c16-6-5-15(11-3-1-2-4-11)12-13-7-10(9-17)8-14-12/h7-9,11,16H,1-6H2. The molecule has 0 aliphatic heterocycles. The van der Waals surface area contributed by atoms with Crippen LogP contribution in [0.5, 0.6) is 0 Å². The first-order chi connectivity index (χ1) is 8.35. The Kier molecular flexibility index (Phi) is 4.03. The van der Waals surface area contributed by atoms with Crippen molar-refractivity contribution in [2.45, 2.75) is 31.7 Å². The molecule has 1 saturated carbocycles. The maximum absolute atomic E-state index is 10.5. The number of carbonyl (C=O) groups excluding carboxylic acids is 1. The lowest BCUT2D eigenvalue weighted by atomic mass is 10.2. The van der Waals surface area contributed by atoms with E-state index >= 15 is 0 Å². The van der Waals surface area contributed by atoms with Gasteiger partial charge in [0, 0.05) is 25.0 Å². The summed E-state index contributed by atoms with van der Waals surface area (Å²) in [6, 6.07) is 0.421. The normalized spacial score (nSPS) is 16.1. The molecule has 1 aliphatic carbocycles. The van der Waals surface area contributed by atoms with E-state index < -0.39 is 0 Å². The van der Waals surface area contributed by atoms with E-state index in [4.69, 9.17) is 5.11 Å². The molecule has 1 aliphatic rings. The predicted molar refractivity (Wildman–Crippen MR) is 64.1 cm³/mol. The molecule has 1 aromatic heterocycles. The van der Waals surface area contributed by atoms with Gasteiger partial charge in [-0.25, -0.2) is 9.97 Å². The Hall–Kier alpha value is -1.49. The molecule has 1 aromatic rings. The maximum Gasteiger partial charge on any atom is 0.225 e. The first-order valence-corrected chi connectivity index (χ1v) is 6.00. The molecule has 92 valence electrons. The van der Waals surface area contributed by atoms with Gasteiger partial charge in [0.05, 0.1) is 12.2 Å². The first-order valence-electron chi connectivity index (χ1n) is 6.00. The summed E-state index contributed by atoms with van der Waals surface area (Å²) in [7, 11) is 0. The lowest BCUT2D eigenvalue weighted by Crippen LogP contribution is -2.37. The van der Waals surface area contributed by atoms with E-state index in [1.807, 2.05) is 4.90 Å². The summed E-state index contributed by atoms with van der Waals surface area (Å²) >= 11 is 0. The summed E-state index contributed by atoms with van der Waals surface area (Å²) in [6.07, 6.45) is 8.47. The Bertz CT molecular complexity index is 361. The number of hydrogen-bond acceptors (Lipinski definition) is 5. The number of rotatable bonds is 5. The van der Waals surface area contributed by atoms with Gasteiger partial charge in [-0.1, -0.05) is 12.8 Å². The fourth-order valence-electron chi connectivity index (χ4n) is 2.31. The van der Waals surface area contributed by atoms with Gasteiger partial charge in [-0.2, -0.15) is 0 Å². The number of anilines is 1. The Morgan fingerprint density at radius 3 is 2.53 bits per heavy atom. The highest BCUT2D eigenvalue weighted by molar-refractivity contribution is 5.73. The van der Waals surface area contributed by atoms with E-state index in [2.05, 4.69) is 9.97 Å². The predicted octanol–water partition coefficient (Wildman–Crippen LogP) is 1.03. The summed E-state index contributed by atoms with van der Waals surface area (Å²) in [5.74, 6) is 0.608. The highest BCUT2D eigenvalue weighted by Crippen LogP contribution is 2.25. The molecule has 0 amide bonds. The molecule has 0 aromatic carbocycles. The molecule has 1 fully saturated rings. The molecule has 0 unspecified atom stereocenters. The quantitative estimate of drug-likeness (QED) is 0.772. The summed E-state index contributed by atoms with van der Waals surface area (Å²) in [6.45, 7) is 0.639. The van der Waals surface area contributed by atoms with E-state index in [0.29, 0.717) is 24.1 Å². The van der Waals surface area contributed by atoms with Gasteiger partial charge < -0.3 is 10.0 Å². The molecule has 5 nitrogen and oxygen atoms in total. The topological polar surface area (TPSA) is 66.3 Å². The molecule has 0 radical (unpaired) electrons. The van der Waals surface area contributed by atoms with E-state index in [9.17, 15) is 4.79 Å². The molecular formula is C12H17N3O2. The number of hydrogen-bond donors (Lipinski definition) is 1. The van der Waals surface area contributed by atoms with Crippen molar-refractivity contribution in [3.63, 3.8) is 0 Å². The van der Waals surface area contributed by atoms with Gasteiger partial charge in [-0.15, -0.1) is 0 Å². The largest absolute Gasteiger partial charge is 0.395 e. The van der Waals surface area contributed by atoms with E-state index in [0.717, 1.165) is 19.1 Å². The zero-order chi connectivity index (χ0) is 12.1. The van der Waals surface area contributed by atoms with Crippen LogP contribution in [0.25, 0.3) is 0 Å². The number of aliphatic hydroxyl groups excluding tert-OH is 1. The van der Waals surface area contributed by atoms with Gasteiger partial charge >= 0.3 is 0 Å². The molecule has 0 bridgehead atoms. The van der Waals surface area contributed by atoms with Crippen LogP contribution in [0.2, 0.25) is 0 Å². The van der Waals surface area contributed by atoms with Crippen molar-refractivity contribution >= 4 is 12.2 Å². The molecule has 5 heteroatoms. The van der Waals surface area contributed by atoms with Crippen LogP contribution in [0.3, 0.4) is 0 Å². The van der Waals surface area contributed by atoms with Crippen molar-refractivity contribution in [2.24, 2.45) is 0 Å². The fraction of sp³-hybridized carbons (Fsp3) is 0.583. The molecule has 17 heavy (non-hydrogen) atoms. The third-order valence-corrected chi connectivity index (χ3v) is 3.16. The third kappa shape index (κ3) is 2.79. The van der Waals surface area contributed by atoms with Crippen LogP contribution in [0.15, 0.2) is 12.4 Å². The zero-order valence-electron chi connectivity index (χ0n) is 9.75. The summed E-state index contributed by atoms with van der Waals surface area (Å²) in [4.78, 5) is 21.0. The van der Waals surface area contributed by atoms with Crippen molar-refractivity contribution in [1.82, 2.24) is 9.97 Å². The Morgan fingerprint density at radius 2 is 2.00 bits per heavy atom. The Balaban J connectivity index is 2.15. The fourth-order valence-corrected chi connectivity index (χ4v) is 2.31. The van der Waals surface area contributed by atoms with Gasteiger partial charge in [0.15, 0.2) is 6.29 Å². The van der Waals surface area contributed by atoms with Crippen molar-refractivity contribution in [2.75, 3.05) is 18.1 Å². The lowest BCUT2D eigenvalue weighted by molar-refractivity contribution is 0.112. The molecule has 0 saturated heterocycles. The molecule has 1 N–H and O–H groups in total. The van der Waals surface area contributed by atoms with Gasteiger partial charge in [-0.3, -0.25) is 4.79 Å². The van der Waals surface area contributed by atoms with Gasteiger partial charge in [-0.05, 0) is 12.8 Å². The minimum absolute atomic E-state index is 0.0926. The highest BCUT2D eigenvalue weighted by Gasteiger charge is 2.24. The maximum atomic E-state index is 10.5. The van der Waals surface area contributed by atoms with Crippen LogP contribution in [-0.4, -0.2) is 40.6 Å². The number of aliphatic hydroxyl groups is 1. The summed E-state index contributed by atoms with van der Waals surface area (Å²) in [5.41, 5.74) is 0.476. The molecule has 1 heterocycles. The third-order valence-electron chi connectivity index (χ3n) is 3.16. The van der Waals surface area contributed by atoms with Crippen LogP contribution in [0.4, 0.5) is 5.95 Å². The van der Waals surface area contributed by atoms with Crippen LogP contribution < -0.4 is 4.90 Å². The number of aldehydes is 1. The van der Waals surface area contributed by atoms with Crippen LogP contribution in [0, 0.1) is 0 Å². The van der Waals surface area contributed by atoms with Gasteiger partial charge in [0.1, 0.15) is 0 Å². The lowest BCUT2D eigenvalue weighted by Gasteiger charge is -2.28. The minimum Gasteiger partial charge on any atom is -0.395 e. The van der Waals surface area contributed by atoms with Crippen LogP contribution in [-0.2, 0) is 0 Å². The molecule has 0 atom stereocenters. The SMILES string of the molecule is O=Cc1cnc(N(CCO)C2CCCC2)nc1. The average Bonchev–Trinajstić information content (AvgIpc) is 2.90. The number of carbonyl (C=O) groups is 1. The summed E-state index contributed by atoms with van der Waals surface area (Å²) < 4.78 is 0. The van der Waals surface area contributed by atoms with Crippen molar-refractivity contribution in [3.8, 4) is 0 Å². The Morgan fingerprint density at radius 1 is 1.35 bits per heavy atom. The first kappa shape index (κ1) is 12.0.